The lowest BCUT2D eigenvalue weighted by Crippen LogP contribution is -2.13. The van der Waals surface area contributed by atoms with Crippen molar-refractivity contribution in [1.82, 2.24) is 0 Å². The van der Waals surface area contributed by atoms with E-state index in [1.807, 2.05) is 13.8 Å². The van der Waals surface area contributed by atoms with Gasteiger partial charge in [-0.05, 0) is 17.5 Å². The van der Waals surface area contributed by atoms with Crippen LogP contribution >= 0.6 is 0 Å². The maximum Gasteiger partial charge on any atom is 0.377 e. The Hall–Kier alpha value is -1.84. The summed E-state index contributed by atoms with van der Waals surface area (Å²) in [5, 5.41) is 8.59. The van der Waals surface area contributed by atoms with E-state index in [9.17, 15) is 9.59 Å². The Balaban J connectivity index is 3.19. The molecule has 0 radical (unpaired) electrons. The zero-order valence-corrected chi connectivity index (χ0v) is 9.48. The van der Waals surface area contributed by atoms with Crippen LogP contribution in [0.3, 0.4) is 0 Å². The van der Waals surface area contributed by atoms with Crippen LogP contribution in [0.15, 0.2) is 18.2 Å². The fourth-order valence-electron chi connectivity index (χ4n) is 1.45. The van der Waals surface area contributed by atoms with Crippen LogP contribution in [-0.4, -0.2) is 24.0 Å². The summed E-state index contributed by atoms with van der Waals surface area (Å²) in [6.45, 7) is 3.99. The summed E-state index contributed by atoms with van der Waals surface area (Å²) in [4.78, 5) is 21.8. The molecule has 0 fully saturated rings. The van der Waals surface area contributed by atoms with E-state index in [2.05, 4.69) is 0 Å². The number of benzene rings is 1. The molecule has 16 heavy (non-hydrogen) atoms. The number of carboxylic acid groups (broad SMARTS) is 1. The first-order valence-electron chi connectivity index (χ1n) is 4.93. The van der Waals surface area contributed by atoms with Crippen LogP contribution in [0.25, 0.3) is 0 Å². The molecule has 86 valence electrons. The SMILES string of the molecule is COc1cc(C(=O)C(=O)O)ccc1C(C)C. The van der Waals surface area contributed by atoms with Gasteiger partial charge in [0.15, 0.2) is 0 Å². The third-order valence-corrected chi connectivity index (χ3v) is 2.31. The summed E-state index contributed by atoms with van der Waals surface area (Å²) >= 11 is 0. The second kappa shape index (κ2) is 4.79. The zero-order valence-electron chi connectivity index (χ0n) is 9.48. The predicted octanol–water partition coefficient (Wildman–Crippen LogP) is 2.09. The molecule has 0 saturated heterocycles. The highest BCUT2D eigenvalue weighted by atomic mass is 16.5. The molecule has 0 heterocycles. The van der Waals surface area contributed by atoms with Gasteiger partial charge in [0.2, 0.25) is 0 Å². The van der Waals surface area contributed by atoms with E-state index in [1.54, 1.807) is 6.07 Å². The lowest BCUT2D eigenvalue weighted by molar-refractivity contribution is -0.131. The molecule has 0 aliphatic carbocycles. The van der Waals surface area contributed by atoms with Crippen molar-refractivity contribution in [3.8, 4) is 5.75 Å². The van der Waals surface area contributed by atoms with Gasteiger partial charge in [0.1, 0.15) is 5.75 Å². The highest BCUT2D eigenvalue weighted by Gasteiger charge is 2.17. The molecule has 0 atom stereocenters. The van der Waals surface area contributed by atoms with Gasteiger partial charge < -0.3 is 9.84 Å². The number of ketones is 1. The molecular weight excluding hydrogens is 208 g/mol. The lowest BCUT2D eigenvalue weighted by atomic mass is 9.99. The monoisotopic (exact) mass is 222 g/mol. The van der Waals surface area contributed by atoms with E-state index in [0.29, 0.717) is 5.75 Å². The first kappa shape index (κ1) is 12.2. The minimum Gasteiger partial charge on any atom is -0.496 e. The molecule has 1 aromatic carbocycles. The molecule has 1 N–H and O–H groups in total. The van der Waals surface area contributed by atoms with Crippen molar-refractivity contribution in [2.24, 2.45) is 0 Å². The van der Waals surface area contributed by atoms with E-state index in [1.165, 1.54) is 19.2 Å². The van der Waals surface area contributed by atoms with Gasteiger partial charge in [-0.3, -0.25) is 4.79 Å². The number of Topliss-reactive ketones (excluding diaryl/α,β-unsaturated/α-hetero) is 1. The number of carboxylic acids is 1. The molecule has 0 bridgehead atoms. The summed E-state index contributed by atoms with van der Waals surface area (Å²) in [6, 6.07) is 4.69. The van der Waals surface area contributed by atoms with Crippen molar-refractivity contribution >= 4 is 11.8 Å². The zero-order chi connectivity index (χ0) is 12.3. The maximum absolute atomic E-state index is 11.2. The number of hydrogen-bond acceptors (Lipinski definition) is 3. The number of ether oxygens (including phenoxy) is 1. The van der Waals surface area contributed by atoms with E-state index in [-0.39, 0.29) is 11.5 Å². The van der Waals surface area contributed by atoms with E-state index >= 15 is 0 Å². The Kier molecular flexibility index (Phi) is 3.66. The number of carbonyl (C=O) groups excluding carboxylic acids is 1. The predicted molar refractivity (Wildman–Crippen MR) is 59.0 cm³/mol. The van der Waals surface area contributed by atoms with Crippen molar-refractivity contribution in [3.05, 3.63) is 29.3 Å². The third kappa shape index (κ3) is 2.39. The second-order valence-electron chi connectivity index (χ2n) is 3.75. The maximum atomic E-state index is 11.2. The molecule has 0 aromatic heterocycles. The van der Waals surface area contributed by atoms with Crippen molar-refractivity contribution in [2.75, 3.05) is 7.11 Å². The van der Waals surface area contributed by atoms with Crippen LogP contribution in [0.5, 0.6) is 5.75 Å². The van der Waals surface area contributed by atoms with E-state index in [0.717, 1.165) is 5.56 Å². The summed E-state index contributed by atoms with van der Waals surface area (Å²) in [5.41, 5.74) is 1.08. The van der Waals surface area contributed by atoms with Crippen molar-refractivity contribution in [2.45, 2.75) is 19.8 Å². The van der Waals surface area contributed by atoms with Gasteiger partial charge in [0.05, 0.1) is 7.11 Å². The van der Waals surface area contributed by atoms with Crippen molar-refractivity contribution < 1.29 is 19.4 Å². The molecule has 0 amide bonds. The van der Waals surface area contributed by atoms with Gasteiger partial charge in [-0.15, -0.1) is 0 Å². The molecule has 4 heteroatoms. The first-order chi connectivity index (χ1) is 7.47. The Bertz CT molecular complexity index is 421. The average molecular weight is 222 g/mol. The highest BCUT2D eigenvalue weighted by molar-refractivity contribution is 6.39. The second-order valence-corrected chi connectivity index (χ2v) is 3.75. The van der Waals surface area contributed by atoms with Crippen molar-refractivity contribution in [3.63, 3.8) is 0 Å². The summed E-state index contributed by atoms with van der Waals surface area (Å²) in [5.74, 6) is -1.58. The average Bonchev–Trinajstić information content (AvgIpc) is 2.26. The summed E-state index contributed by atoms with van der Waals surface area (Å²) in [7, 11) is 1.50. The highest BCUT2D eigenvalue weighted by Crippen LogP contribution is 2.27. The normalized spacial score (nSPS) is 10.2. The molecule has 1 rings (SSSR count). The number of methoxy groups -OCH3 is 1. The van der Waals surface area contributed by atoms with Gasteiger partial charge in [-0.1, -0.05) is 26.0 Å². The van der Waals surface area contributed by atoms with Gasteiger partial charge in [0, 0.05) is 5.56 Å². The topological polar surface area (TPSA) is 63.6 Å². The van der Waals surface area contributed by atoms with Crippen molar-refractivity contribution in [1.29, 1.82) is 0 Å². The number of carbonyl (C=O) groups is 2. The fourth-order valence-corrected chi connectivity index (χ4v) is 1.45. The van der Waals surface area contributed by atoms with Crippen LogP contribution in [0.1, 0.15) is 35.7 Å². The van der Waals surface area contributed by atoms with E-state index < -0.39 is 11.8 Å². The minimum atomic E-state index is -1.46. The van der Waals surface area contributed by atoms with Crippen LogP contribution in [0, 0.1) is 0 Å². The van der Waals surface area contributed by atoms with Gasteiger partial charge in [-0.25, -0.2) is 4.79 Å². The van der Waals surface area contributed by atoms with Crippen LogP contribution in [-0.2, 0) is 4.79 Å². The van der Waals surface area contributed by atoms with Crippen LogP contribution in [0.4, 0.5) is 0 Å². The number of rotatable bonds is 4. The van der Waals surface area contributed by atoms with Gasteiger partial charge >= 0.3 is 5.97 Å². The molecule has 0 aliphatic rings. The molecule has 0 aliphatic heterocycles. The molecule has 0 saturated carbocycles. The quantitative estimate of drug-likeness (QED) is 0.625. The van der Waals surface area contributed by atoms with E-state index in [4.69, 9.17) is 9.84 Å². The fraction of sp³-hybridized carbons (Fsp3) is 0.333. The Morgan fingerprint density at radius 3 is 2.38 bits per heavy atom. The first-order valence-corrected chi connectivity index (χ1v) is 4.93. The summed E-state index contributed by atoms with van der Waals surface area (Å²) in [6.07, 6.45) is 0. The molecule has 4 nitrogen and oxygen atoms in total. The third-order valence-electron chi connectivity index (χ3n) is 2.31. The lowest BCUT2D eigenvalue weighted by Gasteiger charge is -2.12. The smallest absolute Gasteiger partial charge is 0.377 e. The molecule has 0 spiro atoms. The van der Waals surface area contributed by atoms with Crippen LogP contribution < -0.4 is 4.74 Å². The molecule has 0 unspecified atom stereocenters. The van der Waals surface area contributed by atoms with Gasteiger partial charge in [-0.2, -0.15) is 0 Å². The Labute approximate surface area is 93.9 Å². The standard InChI is InChI=1S/C12H14O4/c1-7(2)9-5-4-8(6-10(9)16-3)11(13)12(14)15/h4-7H,1-3H3,(H,14,15). The summed E-state index contributed by atoms with van der Waals surface area (Å²) < 4.78 is 5.13. The Morgan fingerprint density at radius 1 is 1.31 bits per heavy atom. The molecule has 1 aromatic rings. The van der Waals surface area contributed by atoms with Gasteiger partial charge in [0.25, 0.3) is 5.78 Å². The largest absolute Gasteiger partial charge is 0.496 e. The van der Waals surface area contributed by atoms with Crippen LogP contribution in [0.2, 0.25) is 0 Å². The Morgan fingerprint density at radius 2 is 1.94 bits per heavy atom. The number of hydrogen-bond donors (Lipinski definition) is 1. The number of aliphatic carboxylic acids is 1. The molecular formula is C12H14O4. The minimum absolute atomic E-state index is 0.133.